The topological polar surface area (TPSA) is 73.1 Å². The molecule has 7 heteroatoms. The lowest BCUT2D eigenvalue weighted by atomic mass is 10.3. The highest BCUT2D eigenvalue weighted by Crippen LogP contribution is 2.34. The van der Waals surface area contributed by atoms with Gasteiger partial charge in [0.05, 0.1) is 25.4 Å². The Morgan fingerprint density at radius 2 is 2.13 bits per heavy atom. The van der Waals surface area contributed by atoms with Crippen LogP contribution in [0.1, 0.15) is 5.76 Å². The zero-order valence-corrected chi connectivity index (χ0v) is 13.3. The SMILES string of the molecule is COc1ccc(N=C2NC(=O)/C(=C\c3ccco3)S2)c(OC)c1. The predicted molar refractivity (Wildman–Crippen MR) is 89.1 cm³/mol. The molecule has 0 spiro atoms. The van der Waals surface area contributed by atoms with Crippen LogP contribution in [-0.2, 0) is 4.79 Å². The van der Waals surface area contributed by atoms with Crippen molar-refractivity contribution in [1.29, 1.82) is 0 Å². The van der Waals surface area contributed by atoms with Crippen molar-refractivity contribution in [2.75, 3.05) is 14.2 Å². The van der Waals surface area contributed by atoms with Crippen molar-refractivity contribution in [3.8, 4) is 11.5 Å². The first kappa shape index (κ1) is 15.2. The summed E-state index contributed by atoms with van der Waals surface area (Å²) < 4.78 is 15.7. The number of carbonyl (C=O) groups excluding carboxylic acids is 1. The summed E-state index contributed by atoms with van der Waals surface area (Å²) in [5, 5.41) is 3.20. The summed E-state index contributed by atoms with van der Waals surface area (Å²) in [6.45, 7) is 0. The van der Waals surface area contributed by atoms with Gasteiger partial charge in [0, 0.05) is 12.1 Å². The van der Waals surface area contributed by atoms with Gasteiger partial charge in [-0.15, -0.1) is 0 Å². The Hall–Kier alpha value is -2.67. The highest BCUT2D eigenvalue weighted by Gasteiger charge is 2.24. The molecule has 1 fully saturated rings. The number of thioether (sulfide) groups is 1. The van der Waals surface area contributed by atoms with E-state index in [0.717, 1.165) is 0 Å². The van der Waals surface area contributed by atoms with Gasteiger partial charge in [-0.3, -0.25) is 4.79 Å². The van der Waals surface area contributed by atoms with Crippen LogP contribution >= 0.6 is 11.8 Å². The minimum atomic E-state index is -0.211. The van der Waals surface area contributed by atoms with E-state index in [2.05, 4.69) is 10.3 Å². The number of benzene rings is 1. The summed E-state index contributed by atoms with van der Waals surface area (Å²) in [4.78, 5) is 16.9. The van der Waals surface area contributed by atoms with E-state index in [1.165, 1.54) is 11.8 Å². The number of carbonyl (C=O) groups is 1. The third-order valence-electron chi connectivity index (χ3n) is 3.08. The largest absolute Gasteiger partial charge is 0.497 e. The number of furan rings is 1. The van der Waals surface area contributed by atoms with Crippen LogP contribution in [-0.4, -0.2) is 25.3 Å². The molecule has 2 aromatic rings. The van der Waals surface area contributed by atoms with Crippen LogP contribution in [0.4, 0.5) is 5.69 Å². The fourth-order valence-corrected chi connectivity index (χ4v) is 2.78. The summed E-state index contributed by atoms with van der Waals surface area (Å²) in [7, 11) is 3.14. The van der Waals surface area contributed by atoms with Crippen LogP contribution in [0.5, 0.6) is 11.5 Å². The zero-order chi connectivity index (χ0) is 16.2. The van der Waals surface area contributed by atoms with Gasteiger partial charge in [-0.05, 0) is 36.0 Å². The summed E-state index contributed by atoms with van der Waals surface area (Å²) in [6, 6.07) is 8.83. The maximum Gasteiger partial charge on any atom is 0.264 e. The van der Waals surface area contributed by atoms with Gasteiger partial charge < -0.3 is 19.2 Å². The smallest absolute Gasteiger partial charge is 0.264 e. The Morgan fingerprint density at radius 3 is 2.83 bits per heavy atom. The van der Waals surface area contributed by atoms with Gasteiger partial charge in [-0.2, -0.15) is 0 Å². The third kappa shape index (κ3) is 3.40. The van der Waals surface area contributed by atoms with Gasteiger partial charge in [0.1, 0.15) is 22.9 Å². The molecule has 1 aromatic carbocycles. The predicted octanol–water partition coefficient (Wildman–Crippen LogP) is 3.19. The fourth-order valence-electron chi connectivity index (χ4n) is 1.97. The second kappa shape index (κ2) is 6.62. The quantitative estimate of drug-likeness (QED) is 0.872. The Morgan fingerprint density at radius 1 is 1.26 bits per heavy atom. The number of rotatable bonds is 4. The molecule has 0 bridgehead atoms. The lowest BCUT2D eigenvalue weighted by Crippen LogP contribution is -2.19. The molecule has 23 heavy (non-hydrogen) atoms. The van der Waals surface area contributed by atoms with Crippen LogP contribution in [0.25, 0.3) is 6.08 Å². The van der Waals surface area contributed by atoms with E-state index in [9.17, 15) is 4.79 Å². The lowest BCUT2D eigenvalue weighted by Gasteiger charge is -2.07. The van der Waals surface area contributed by atoms with Crippen LogP contribution < -0.4 is 14.8 Å². The summed E-state index contributed by atoms with van der Waals surface area (Å²) in [5.41, 5.74) is 0.607. The van der Waals surface area contributed by atoms with E-state index in [1.54, 1.807) is 56.9 Å². The van der Waals surface area contributed by atoms with E-state index in [4.69, 9.17) is 13.9 Å². The first-order chi connectivity index (χ1) is 11.2. The number of hydrogen-bond donors (Lipinski definition) is 1. The van der Waals surface area contributed by atoms with Gasteiger partial charge in [0.15, 0.2) is 5.17 Å². The first-order valence-electron chi connectivity index (χ1n) is 6.74. The van der Waals surface area contributed by atoms with E-state index in [1.807, 2.05) is 0 Å². The second-order valence-corrected chi connectivity index (χ2v) is 5.57. The van der Waals surface area contributed by atoms with Crippen molar-refractivity contribution in [3.05, 3.63) is 47.3 Å². The molecule has 0 aliphatic carbocycles. The molecular weight excluding hydrogens is 316 g/mol. The molecular formula is C16H14N2O4S. The number of aliphatic imine (C=N–C) groups is 1. The molecule has 0 saturated carbocycles. The Labute approximate surface area is 137 Å². The van der Waals surface area contributed by atoms with E-state index in [0.29, 0.717) is 33.0 Å². The van der Waals surface area contributed by atoms with Gasteiger partial charge in [0.2, 0.25) is 0 Å². The van der Waals surface area contributed by atoms with Crippen LogP contribution in [0.3, 0.4) is 0 Å². The molecule has 1 N–H and O–H groups in total. The number of ether oxygens (including phenoxy) is 2. The van der Waals surface area contributed by atoms with Gasteiger partial charge in [-0.1, -0.05) is 0 Å². The highest BCUT2D eigenvalue weighted by molar-refractivity contribution is 8.18. The fraction of sp³-hybridized carbons (Fsp3) is 0.125. The van der Waals surface area contributed by atoms with Crippen LogP contribution in [0, 0.1) is 0 Å². The standard InChI is InChI=1S/C16H14N2O4S/c1-20-10-5-6-12(13(8-10)21-2)17-16-18-15(19)14(23-16)9-11-4-3-7-22-11/h3-9H,1-2H3,(H,17,18,19)/b14-9+. The van der Waals surface area contributed by atoms with Gasteiger partial charge >= 0.3 is 0 Å². The number of nitrogens with one attached hydrogen (secondary N) is 1. The van der Waals surface area contributed by atoms with Gasteiger partial charge in [-0.25, -0.2) is 4.99 Å². The first-order valence-corrected chi connectivity index (χ1v) is 7.56. The van der Waals surface area contributed by atoms with Crippen LogP contribution in [0.2, 0.25) is 0 Å². The van der Waals surface area contributed by atoms with Crippen molar-refractivity contribution in [3.63, 3.8) is 0 Å². The molecule has 0 atom stereocenters. The number of nitrogens with zero attached hydrogens (tertiary/aromatic N) is 1. The summed E-state index contributed by atoms with van der Waals surface area (Å²) in [5.74, 6) is 1.64. The van der Waals surface area contributed by atoms with Crippen molar-refractivity contribution in [2.45, 2.75) is 0 Å². The molecule has 3 rings (SSSR count). The summed E-state index contributed by atoms with van der Waals surface area (Å²) in [6.07, 6.45) is 3.23. The molecule has 6 nitrogen and oxygen atoms in total. The molecule has 1 amide bonds. The van der Waals surface area contributed by atoms with Crippen molar-refractivity contribution >= 4 is 34.6 Å². The number of amidine groups is 1. The number of amides is 1. The van der Waals surface area contributed by atoms with Crippen molar-refractivity contribution in [1.82, 2.24) is 5.32 Å². The number of methoxy groups -OCH3 is 2. The lowest BCUT2D eigenvalue weighted by molar-refractivity contribution is -0.115. The maximum atomic E-state index is 12.0. The average molecular weight is 330 g/mol. The van der Waals surface area contributed by atoms with E-state index >= 15 is 0 Å². The Bertz CT molecular complexity index is 781. The summed E-state index contributed by atoms with van der Waals surface area (Å²) >= 11 is 1.24. The average Bonchev–Trinajstić information content (AvgIpc) is 3.18. The molecule has 2 heterocycles. The zero-order valence-electron chi connectivity index (χ0n) is 12.5. The Balaban J connectivity index is 1.86. The number of hydrogen-bond acceptors (Lipinski definition) is 6. The molecule has 1 aromatic heterocycles. The molecule has 1 aliphatic heterocycles. The minimum absolute atomic E-state index is 0.211. The molecule has 118 valence electrons. The Kier molecular flexibility index (Phi) is 4.38. The molecule has 0 radical (unpaired) electrons. The second-order valence-electron chi connectivity index (χ2n) is 4.53. The molecule has 1 aliphatic rings. The highest BCUT2D eigenvalue weighted by atomic mass is 32.2. The van der Waals surface area contributed by atoms with E-state index in [-0.39, 0.29) is 5.91 Å². The molecule has 0 unspecified atom stereocenters. The van der Waals surface area contributed by atoms with Crippen molar-refractivity contribution in [2.24, 2.45) is 4.99 Å². The van der Waals surface area contributed by atoms with Crippen molar-refractivity contribution < 1.29 is 18.7 Å². The van der Waals surface area contributed by atoms with Crippen LogP contribution in [0.15, 0.2) is 50.9 Å². The van der Waals surface area contributed by atoms with E-state index < -0.39 is 0 Å². The third-order valence-corrected chi connectivity index (χ3v) is 3.99. The minimum Gasteiger partial charge on any atom is -0.497 e. The molecule has 1 saturated heterocycles. The monoisotopic (exact) mass is 330 g/mol. The maximum absolute atomic E-state index is 12.0. The van der Waals surface area contributed by atoms with Gasteiger partial charge in [0.25, 0.3) is 5.91 Å². The normalized spacial score (nSPS) is 17.6.